The van der Waals surface area contributed by atoms with Crippen LogP contribution in [0.1, 0.15) is 11.5 Å². The Hall–Kier alpha value is -1.53. The highest BCUT2D eigenvalue weighted by Gasteiger charge is 2.07. The number of aromatic nitrogens is 2. The fourth-order valence-electron chi connectivity index (χ4n) is 1.36. The summed E-state index contributed by atoms with van der Waals surface area (Å²) in [5.74, 6) is 2.06. The van der Waals surface area contributed by atoms with Gasteiger partial charge in [0.1, 0.15) is 5.75 Å². The van der Waals surface area contributed by atoms with Gasteiger partial charge in [-0.3, -0.25) is 0 Å². The highest BCUT2D eigenvalue weighted by molar-refractivity contribution is 7.99. The van der Waals surface area contributed by atoms with E-state index in [9.17, 15) is 0 Å². The van der Waals surface area contributed by atoms with E-state index in [4.69, 9.17) is 14.9 Å². The standard InChI is InChI=1S/C12H15N3O2S/c1-9-4-2-3-5-10(9)16-8-11-14-15-12(17-11)18-7-6-13/h2-5H,6-8,13H2,1H3. The van der Waals surface area contributed by atoms with Crippen LogP contribution in [-0.2, 0) is 6.61 Å². The monoisotopic (exact) mass is 265 g/mol. The molecule has 1 heterocycles. The summed E-state index contributed by atoms with van der Waals surface area (Å²) in [6.07, 6.45) is 0. The normalized spacial score (nSPS) is 10.6. The predicted octanol–water partition coefficient (Wildman–Crippen LogP) is 2.01. The lowest BCUT2D eigenvalue weighted by atomic mass is 10.2. The zero-order chi connectivity index (χ0) is 12.8. The van der Waals surface area contributed by atoms with Crippen molar-refractivity contribution in [1.29, 1.82) is 0 Å². The number of rotatable bonds is 6. The van der Waals surface area contributed by atoms with Crippen LogP contribution in [0, 0.1) is 6.92 Å². The zero-order valence-corrected chi connectivity index (χ0v) is 10.9. The summed E-state index contributed by atoms with van der Waals surface area (Å²) in [5, 5.41) is 8.34. The van der Waals surface area contributed by atoms with Crippen molar-refractivity contribution in [3.8, 4) is 5.75 Å². The molecular formula is C12H15N3O2S. The van der Waals surface area contributed by atoms with Crippen molar-refractivity contribution in [2.24, 2.45) is 5.73 Å². The first-order chi connectivity index (χ1) is 8.79. The molecule has 0 bridgehead atoms. The molecule has 0 spiro atoms. The van der Waals surface area contributed by atoms with Gasteiger partial charge in [-0.25, -0.2) is 0 Å². The maximum Gasteiger partial charge on any atom is 0.276 e. The Labute approximate surface area is 110 Å². The van der Waals surface area contributed by atoms with Gasteiger partial charge in [0.2, 0.25) is 0 Å². The highest BCUT2D eigenvalue weighted by atomic mass is 32.2. The molecule has 0 aliphatic carbocycles. The molecule has 5 nitrogen and oxygen atoms in total. The number of para-hydroxylation sites is 1. The molecule has 18 heavy (non-hydrogen) atoms. The smallest absolute Gasteiger partial charge is 0.276 e. The minimum Gasteiger partial charge on any atom is -0.484 e. The summed E-state index contributed by atoms with van der Waals surface area (Å²) in [4.78, 5) is 0. The van der Waals surface area contributed by atoms with Crippen molar-refractivity contribution in [2.75, 3.05) is 12.3 Å². The average molecular weight is 265 g/mol. The lowest BCUT2D eigenvalue weighted by Crippen LogP contribution is -2.00. The molecule has 0 fully saturated rings. The Balaban J connectivity index is 1.90. The molecule has 0 aliphatic rings. The SMILES string of the molecule is Cc1ccccc1OCc1nnc(SCCN)o1. The van der Waals surface area contributed by atoms with Gasteiger partial charge < -0.3 is 14.9 Å². The molecule has 1 aromatic carbocycles. The maximum atomic E-state index is 5.61. The second-order valence-corrected chi connectivity index (χ2v) is 4.70. The average Bonchev–Trinajstić information content (AvgIpc) is 2.83. The quantitative estimate of drug-likeness (QED) is 0.805. The van der Waals surface area contributed by atoms with Crippen LogP contribution >= 0.6 is 11.8 Å². The number of aryl methyl sites for hydroxylation is 1. The lowest BCUT2D eigenvalue weighted by Gasteiger charge is -2.05. The van der Waals surface area contributed by atoms with E-state index < -0.39 is 0 Å². The van der Waals surface area contributed by atoms with Crippen molar-refractivity contribution >= 4 is 11.8 Å². The molecule has 6 heteroatoms. The van der Waals surface area contributed by atoms with Gasteiger partial charge in [-0.2, -0.15) is 0 Å². The van der Waals surface area contributed by atoms with Crippen LogP contribution in [0.5, 0.6) is 5.75 Å². The summed E-state index contributed by atoms with van der Waals surface area (Å²) in [6, 6.07) is 7.80. The Morgan fingerprint density at radius 1 is 1.33 bits per heavy atom. The molecule has 96 valence electrons. The third kappa shape index (κ3) is 3.48. The molecule has 2 N–H and O–H groups in total. The van der Waals surface area contributed by atoms with Crippen LogP contribution in [0.4, 0.5) is 0 Å². The predicted molar refractivity (Wildman–Crippen MR) is 69.6 cm³/mol. The fraction of sp³-hybridized carbons (Fsp3) is 0.333. The van der Waals surface area contributed by atoms with Crippen LogP contribution in [0.2, 0.25) is 0 Å². The van der Waals surface area contributed by atoms with Gasteiger partial charge in [0.05, 0.1) is 0 Å². The molecule has 0 radical (unpaired) electrons. The Morgan fingerprint density at radius 3 is 2.94 bits per heavy atom. The van der Waals surface area contributed by atoms with Gasteiger partial charge >= 0.3 is 0 Å². The van der Waals surface area contributed by atoms with Crippen molar-refractivity contribution in [3.63, 3.8) is 0 Å². The van der Waals surface area contributed by atoms with E-state index in [0.717, 1.165) is 17.1 Å². The van der Waals surface area contributed by atoms with Crippen molar-refractivity contribution < 1.29 is 9.15 Å². The van der Waals surface area contributed by atoms with Gasteiger partial charge in [0.25, 0.3) is 11.1 Å². The van der Waals surface area contributed by atoms with E-state index in [0.29, 0.717) is 17.7 Å². The fourth-order valence-corrected chi connectivity index (χ4v) is 1.91. The molecule has 0 atom stereocenters. The van der Waals surface area contributed by atoms with E-state index in [1.165, 1.54) is 11.8 Å². The Bertz CT molecular complexity index is 502. The van der Waals surface area contributed by atoms with E-state index in [2.05, 4.69) is 10.2 Å². The number of nitrogens with zero attached hydrogens (tertiary/aromatic N) is 2. The summed E-state index contributed by atoms with van der Waals surface area (Å²) in [7, 11) is 0. The van der Waals surface area contributed by atoms with Crippen LogP contribution in [0.15, 0.2) is 33.9 Å². The van der Waals surface area contributed by atoms with Crippen LogP contribution in [0.3, 0.4) is 0 Å². The Morgan fingerprint density at radius 2 is 2.17 bits per heavy atom. The molecule has 2 aromatic rings. The summed E-state index contributed by atoms with van der Waals surface area (Å²) < 4.78 is 11.0. The first kappa shape index (κ1) is 12.9. The summed E-state index contributed by atoms with van der Waals surface area (Å²) in [6.45, 7) is 2.86. The molecule has 1 aromatic heterocycles. The second kappa shape index (κ2) is 6.42. The summed E-state index contributed by atoms with van der Waals surface area (Å²) >= 11 is 1.45. The van der Waals surface area contributed by atoms with Crippen LogP contribution in [-0.4, -0.2) is 22.5 Å². The maximum absolute atomic E-state index is 5.61. The van der Waals surface area contributed by atoms with Crippen molar-refractivity contribution in [2.45, 2.75) is 18.8 Å². The number of thioether (sulfide) groups is 1. The zero-order valence-electron chi connectivity index (χ0n) is 10.1. The minimum atomic E-state index is 0.279. The first-order valence-electron chi connectivity index (χ1n) is 5.63. The largest absolute Gasteiger partial charge is 0.484 e. The van der Waals surface area contributed by atoms with Gasteiger partial charge in [0, 0.05) is 12.3 Å². The number of ether oxygens (including phenoxy) is 1. The van der Waals surface area contributed by atoms with Crippen LogP contribution in [0.25, 0.3) is 0 Å². The number of hydrogen-bond donors (Lipinski definition) is 1. The van der Waals surface area contributed by atoms with E-state index >= 15 is 0 Å². The van der Waals surface area contributed by atoms with E-state index in [1.54, 1.807) is 0 Å². The molecule has 0 unspecified atom stereocenters. The molecular weight excluding hydrogens is 250 g/mol. The van der Waals surface area contributed by atoms with Crippen LogP contribution < -0.4 is 10.5 Å². The van der Waals surface area contributed by atoms with Crippen molar-refractivity contribution in [1.82, 2.24) is 10.2 Å². The first-order valence-corrected chi connectivity index (χ1v) is 6.62. The number of benzene rings is 1. The van der Waals surface area contributed by atoms with Gasteiger partial charge in [-0.05, 0) is 18.6 Å². The van der Waals surface area contributed by atoms with E-state index in [-0.39, 0.29) is 6.61 Å². The molecule has 0 saturated heterocycles. The van der Waals surface area contributed by atoms with Gasteiger partial charge in [-0.1, -0.05) is 30.0 Å². The molecule has 0 saturated carbocycles. The molecule has 0 aliphatic heterocycles. The topological polar surface area (TPSA) is 74.2 Å². The summed E-state index contributed by atoms with van der Waals surface area (Å²) in [5.41, 5.74) is 6.48. The minimum absolute atomic E-state index is 0.279. The highest BCUT2D eigenvalue weighted by Crippen LogP contribution is 2.19. The lowest BCUT2D eigenvalue weighted by molar-refractivity contribution is 0.251. The van der Waals surface area contributed by atoms with Gasteiger partial charge in [-0.15, -0.1) is 10.2 Å². The molecule has 0 amide bonds. The Kier molecular flexibility index (Phi) is 4.60. The third-order valence-corrected chi connectivity index (χ3v) is 3.09. The number of hydrogen-bond acceptors (Lipinski definition) is 6. The van der Waals surface area contributed by atoms with Gasteiger partial charge in [0.15, 0.2) is 6.61 Å². The molecule has 2 rings (SSSR count). The second-order valence-electron chi connectivity index (χ2n) is 3.65. The van der Waals surface area contributed by atoms with E-state index in [1.807, 2.05) is 31.2 Å². The number of nitrogens with two attached hydrogens (primary N) is 1. The van der Waals surface area contributed by atoms with Crippen molar-refractivity contribution in [3.05, 3.63) is 35.7 Å². The third-order valence-electron chi connectivity index (χ3n) is 2.24.